The van der Waals surface area contributed by atoms with Crippen LogP contribution in [0.3, 0.4) is 0 Å². The Kier molecular flexibility index (Phi) is 19.0. The van der Waals surface area contributed by atoms with Crippen LogP contribution in [-0.2, 0) is 15.5 Å². The second-order valence-electron chi connectivity index (χ2n) is 14.7. The molecule has 0 amide bonds. The lowest BCUT2D eigenvalue weighted by molar-refractivity contribution is 0.897. The van der Waals surface area contributed by atoms with Gasteiger partial charge in [-0.1, -0.05) is 273 Å². The van der Waals surface area contributed by atoms with Crippen LogP contribution >= 0.6 is 27.7 Å². The molecule has 0 nitrogen and oxygen atoms in total. The highest BCUT2D eigenvalue weighted by Crippen LogP contribution is 2.47. The highest BCUT2D eigenvalue weighted by molar-refractivity contribution is 7.20. The average molecular weight is 889 g/mol. The van der Waals surface area contributed by atoms with Crippen molar-refractivity contribution >= 4 is 27.7 Å². The van der Waals surface area contributed by atoms with Crippen molar-refractivity contribution in [2.45, 2.75) is 15.5 Å². The van der Waals surface area contributed by atoms with E-state index in [1.165, 1.54) is 50.1 Å². The lowest BCUT2D eigenvalue weighted by Gasteiger charge is -2.31. The van der Waals surface area contributed by atoms with Gasteiger partial charge in [0.05, 0.1) is 15.5 Å². The van der Waals surface area contributed by atoms with Crippen LogP contribution in [0.4, 0.5) is 14.1 Å². The molecule has 3 atom stereocenters. The number of halogens is 3. The van der Waals surface area contributed by atoms with Gasteiger partial charge < -0.3 is 0 Å². The van der Waals surface area contributed by atoms with Crippen molar-refractivity contribution in [2.24, 2.45) is 0 Å². The summed E-state index contributed by atoms with van der Waals surface area (Å²) < 4.78 is 0. The van der Waals surface area contributed by atoms with Crippen LogP contribution in [0.2, 0.25) is 0 Å². The van der Waals surface area contributed by atoms with E-state index in [-0.39, 0.29) is 29.6 Å². The zero-order chi connectivity index (χ0) is 41.5. The maximum atomic E-state index is 3.06. The minimum Gasteiger partial charge on any atom is -0.269 e. The highest BCUT2D eigenvalue weighted by Gasteiger charge is 2.33. The third-order valence-electron chi connectivity index (χ3n) is 11.1. The molecule has 6 heteroatoms. The Morgan fingerprint density at radius 3 is 0.317 bits per heavy atom. The van der Waals surface area contributed by atoms with Gasteiger partial charge in [0, 0.05) is 0 Å². The van der Waals surface area contributed by atoms with Gasteiger partial charge >= 0.3 is 0 Å². The van der Waals surface area contributed by atoms with Crippen LogP contribution in [0.5, 0.6) is 0 Å². The second-order valence-corrected chi connectivity index (χ2v) is 17.3. The molecule has 0 bridgehead atoms. The zero-order valence-electron chi connectivity index (χ0n) is 34.9. The molecule has 0 N–H and O–H groups in total. The van der Waals surface area contributed by atoms with Crippen LogP contribution < -0.4 is 0 Å². The quantitative estimate of drug-likeness (QED) is 0.100. The standard InChI is InChI=1S/3C19H17P.3FH/c3*20-19(16-10-4-1-5-11-16,17-12-6-2-7-13-17)18-14-8-3-9-15-18;;;/h3*1-15H,20H2;3*1H. The molecule has 9 aromatic carbocycles. The van der Waals surface area contributed by atoms with E-state index in [0.29, 0.717) is 0 Å². The Hall–Kier alpha value is -5.94. The van der Waals surface area contributed by atoms with Crippen molar-refractivity contribution < 1.29 is 14.1 Å². The SMILES string of the molecule is F.F.F.PC(c1ccccc1)(c1ccccc1)c1ccccc1.PC(c1ccccc1)(c1ccccc1)c1ccccc1.PC(c1ccccc1)(c1ccccc1)c1ccccc1. The second kappa shape index (κ2) is 24.1. The molecule has 63 heavy (non-hydrogen) atoms. The van der Waals surface area contributed by atoms with Crippen molar-refractivity contribution in [3.8, 4) is 0 Å². The molecule has 0 fully saturated rings. The van der Waals surface area contributed by atoms with Crippen LogP contribution in [0, 0.1) is 0 Å². The van der Waals surface area contributed by atoms with E-state index in [1.807, 2.05) is 0 Å². The fourth-order valence-corrected chi connectivity index (χ4v) is 9.54. The molecular weight excluding hydrogens is 835 g/mol. The van der Waals surface area contributed by atoms with Gasteiger partial charge in [-0.2, -0.15) is 0 Å². The van der Waals surface area contributed by atoms with E-state index in [4.69, 9.17) is 0 Å². The average Bonchev–Trinajstić information content (AvgIpc) is 3.36. The first-order valence-corrected chi connectivity index (χ1v) is 22.0. The maximum absolute atomic E-state index is 3.06. The van der Waals surface area contributed by atoms with E-state index < -0.39 is 0 Å². The molecule has 0 heterocycles. The van der Waals surface area contributed by atoms with Crippen LogP contribution in [0.15, 0.2) is 273 Å². The Morgan fingerprint density at radius 1 is 0.159 bits per heavy atom. The van der Waals surface area contributed by atoms with Crippen LogP contribution in [-0.4, -0.2) is 0 Å². The largest absolute Gasteiger partial charge is 0.269 e. The number of hydrogen-bond acceptors (Lipinski definition) is 0. The van der Waals surface area contributed by atoms with Gasteiger partial charge in [-0.05, 0) is 50.1 Å². The normalized spacial score (nSPS) is 10.7. The van der Waals surface area contributed by atoms with Crippen molar-refractivity contribution in [2.75, 3.05) is 0 Å². The van der Waals surface area contributed by atoms with E-state index in [2.05, 4.69) is 301 Å². The number of rotatable bonds is 9. The van der Waals surface area contributed by atoms with Crippen molar-refractivity contribution in [1.29, 1.82) is 0 Å². The van der Waals surface area contributed by atoms with E-state index >= 15 is 0 Å². The minimum absolute atomic E-state index is 0. The third-order valence-corrected chi connectivity index (χ3v) is 14.1. The molecule has 0 aromatic heterocycles. The first-order chi connectivity index (χ1) is 29.4. The smallest absolute Gasteiger partial charge is 0.0591 e. The molecule has 0 spiro atoms. The number of hydrogen-bond donors (Lipinski definition) is 0. The maximum Gasteiger partial charge on any atom is 0.0591 e. The molecule has 3 unspecified atom stereocenters. The van der Waals surface area contributed by atoms with Crippen molar-refractivity contribution in [1.82, 2.24) is 0 Å². The summed E-state index contributed by atoms with van der Waals surface area (Å²) >= 11 is 0. The van der Waals surface area contributed by atoms with Crippen LogP contribution in [0.1, 0.15) is 50.1 Å². The molecule has 0 saturated heterocycles. The first-order valence-electron chi connectivity index (χ1n) is 20.3. The van der Waals surface area contributed by atoms with Gasteiger partial charge in [0.25, 0.3) is 0 Å². The van der Waals surface area contributed by atoms with Gasteiger partial charge in [-0.25, -0.2) is 0 Å². The summed E-state index contributed by atoms with van der Waals surface area (Å²) in [5.41, 5.74) is 11.5. The fourth-order valence-electron chi connectivity index (χ4n) is 7.81. The Bertz CT molecular complexity index is 2000. The minimum atomic E-state index is -0.205. The molecule has 0 aliphatic heterocycles. The summed E-state index contributed by atoms with van der Waals surface area (Å²) in [6.07, 6.45) is 0. The molecular formula is C57H54F3P3. The summed E-state index contributed by atoms with van der Waals surface area (Å²) in [5.74, 6) is 0. The summed E-state index contributed by atoms with van der Waals surface area (Å²) in [6, 6.07) is 95.7. The number of benzene rings is 9. The van der Waals surface area contributed by atoms with Gasteiger partial charge in [0.15, 0.2) is 0 Å². The van der Waals surface area contributed by atoms with Gasteiger partial charge in [0.1, 0.15) is 0 Å². The van der Waals surface area contributed by atoms with E-state index in [0.717, 1.165) is 0 Å². The molecule has 0 aliphatic carbocycles. The summed E-state index contributed by atoms with van der Waals surface area (Å²) in [5, 5.41) is -0.614. The monoisotopic (exact) mass is 888 g/mol. The molecule has 0 radical (unpaired) electrons. The molecule has 0 saturated carbocycles. The van der Waals surface area contributed by atoms with Gasteiger partial charge in [-0.15, -0.1) is 27.7 Å². The lowest BCUT2D eigenvalue weighted by Crippen LogP contribution is -2.21. The summed E-state index contributed by atoms with van der Waals surface area (Å²) in [4.78, 5) is 0. The highest BCUT2D eigenvalue weighted by atomic mass is 31.0. The third kappa shape index (κ3) is 11.4. The van der Waals surface area contributed by atoms with E-state index in [1.54, 1.807) is 0 Å². The lowest BCUT2D eigenvalue weighted by atomic mass is 9.84. The van der Waals surface area contributed by atoms with E-state index in [9.17, 15) is 0 Å². The Morgan fingerprint density at radius 2 is 0.238 bits per heavy atom. The van der Waals surface area contributed by atoms with Crippen molar-refractivity contribution in [3.05, 3.63) is 323 Å². The molecule has 9 rings (SSSR count). The van der Waals surface area contributed by atoms with Crippen molar-refractivity contribution in [3.63, 3.8) is 0 Å². The van der Waals surface area contributed by atoms with Crippen LogP contribution in [0.25, 0.3) is 0 Å². The summed E-state index contributed by atoms with van der Waals surface area (Å²) in [6.45, 7) is 0. The van der Waals surface area contributed by atoms with Gasteiger partial charge in [-0.3, -0.25) is 14.1 Å². The predicted molar refractivity (Wildman–Crippen MR) is 274 cm³/mol. The predicted octanol–water partition coefficient (Wildman–Crippen LogP) is 15.0. The molecule has 0 aliphatic rings. The molecule has 318 valence electrons. The van der Waals surface area contributed by atoms with Gasteiger partial charge in [0.2, 0.25) is 0 Å². The summed E-state index contributed by atoms with van der Waals surface area (Å²) in [7, 11) is 9.18. The fraction of sp³-hybridized carbons (Fsp3) is 0.0526. The zero-order valence-corrected chi connectivity index (χ0v) is 38.4. The Balaban J connectivity index is 0.000000203. The first kappa shape index (κ1) is 49.7. The molecule has 9 aromatic rings. The Labute approximate surface area is 378 Å². The topological polar surface area (TPSA) is 0 Å².